The molecule has 2 N–H and O–H groups in total. The summed E-state index contributed by atoms with van der Waals surface area (Å²) in [7, 11) is -3.74. The van der Waals surface area contributed by atoms with E-state index in [0.717, 1.165) is 0 Å². The number of primary sulfonamides is 1. The molecule has 0 amide bonds. The lowest BCUT2D eigenvalue weighted by molar-refractivity contribution is 0.361. The summed E-state index contributed by atoms with van der Waals surface area (Å²) < 4.78 is 27.9. The van der Waals surface area contributed by atoms with Gasteiger partial charge in [-0.15, -0.1) is 0 Å². The Morgan fingerprint density at radius 2 is 2.19 bits per heavy atom. The first-order chi connectivity index (χ1) is 7.30. The molecule has 0 aromatic heterocycles. The molecule has 4 nitrogen and oxygen atoms in total. The second kappa shape index (κ2) is 5.18. The monoisotopic (exact) mass is 325 g/mol. The Labute approximate surface area is 107 Å². The van der Waals surface area contributed by atoms with Crippen LogP contribution >= 0.6 is 27.5 Å². The number of benzene rings is 1. The van der Waals surface area contributed by atoms with Gasteiger partial charge in [-0.1, -0.05) is 34.1 Å². The lowest BCUT2D eigenvalue weighted by Crippen LogP contribution is -2.12. The standard InChI is InChI=1S/C9H9BrClNO3S/c1-6(10)5-15-9-3-2-7(4-8(9)11)16(12,13)14/h2-4H,1,5H2,(H2,12,13,14). The molecular formula is C9H9BrClNO3S. The van der Waals surface area contributed by atoms with Crippen LogP contribution in [0, 0.1) is 0 Å². The summed E-state index contributed by atoms with van der Waals surface area (Å²) in [6.07, 6.45) is 0. The van der Waals surface area contributed by atoms with Crippen molar-refractivity contribution in [2.45, 2.75) is 4.90 Å². The van der Waals surface area contributed by atoms with Gasteiger partial charge in [0.2, 0.25) is 10.0 Å². The Morgan fingerprint density at radius 1 is 1.56 bits per heavy atom. The molecule has 1 aromatic carbocycles. The largest absolute Gasteiger partial charge is 0.487 e. The number of hydrogen-bond donors (Lipinski definition) is 1. The van der Waals surface area contributed by atoms with Crippen LogP contribution in [-0.2, 0) is 10.0 Å². The van der Waals surface area contributed by atoms with Gasteiger partial charge in [0.25, 0.3) is 0 Å². The zero-order chi connectivity index (χ0) is 12.3. The van der Waals surface area contributed by atoms with E-state index in [2.05, 4.69) is 22.5 Å². The lowest BCUT2D eigenvalue weighted by atomic mass is 10.3. The van der Waals surface area contributed by atoms with Crippen molar-refractivity contribution in [3.63, 3.8) is 0 Å². The number of sulfonamides is 1. The summed E-state index contributed by atoms with van der Waals surface area (Å²) in [5.74, 6) is 0.370. The quantitative estimate of drug-likeness (QED) is 0.923. The molecule has 0 radical (unpaired) electrons. The van der Waals surface area contributed by atoms with Gasteiger partial charge < -0.3 is 4.74 Å². The molecule has 0 atom stereocenters. The van der Waals surface area contributed by atoms with Crippen LogP contribution < -0.4 is 9.88 Å². The highest BCUT2D eigenvalue weighted by Gasteiger charge is 2.11. The van der Waals surface area contributed by atoms with E-state index < -0.39 is 10.0 Å². The highest BCUT2D eigenvalue weighted by molar-refractivity contribution is 9.11. The minimum atomic E-state index is -3.74. The molecule has 88 valence electrons. The zero-order valence-corrected chi connectivity index (χ0v) is 11.3. The van der Waals surface area contributed by atoms with Crippen LogP contribution in [0.25, 0.3) is 0 Å². The predicted molar refractivity (Wildman–Crippen MR) is 66.4 cm³/mol. The number of hydrogen-bond acceptors (Lipinski definition) is 3. The van der Waals surface area contributed by atoms with E-state index in [1.807, 2.05) is 0 Å². The van der Waals surface area contributed by atoms with Crippen LogP contribution in [0.1, 0.15) is 0 Å². The Balaban J connectivity index is 2.96. The van der Waals surface area contributed by atoms with Gasteiger partial charge in [-0.05, 0) is 18.2 Å². The van der Waals surface area contributed by atoms with Gasteiger partial charge in [0.15, 0.2) is 0 Å². The van der Waals surface area contributed by atoms with Crippen molar-refractivity contribution in [1.29, 1.82) is 0 Å². The van der Waals surface area contributed by atoms with E-state index in [1.54, 1.807) is 0 Å². The Kier molecular flexibility index (Phi) is 4.37. The Hall–Kier alpha value is -0.560. The van der Waals surface area contributed by atoms with Crippen LogP contribution in [0.5, 0.6) is 5.75 Å². The minimum absolute atomic E-state index is 0.0532. The highest BCUT2D eigenvalue weighted by atomic mass is 79.9. The maximum absolute atomic E-state index is 11.0. The molecule has 0 saturated heterocycles. The van der Waals surface area contributed by atoms with Crippen LogP contribution in [0.4, 0.5) is 0 Å². The van der Waals surface area contributed by atoms with E-state index in [-0.39, 0.29) is 16.5 Å². The third kappa shape index (κ3) is 3.79. The first-order valence-electron chi connectivity index (χ1n) is 4.09. The van der Waals surface area contributed by atoms with Crippen LogP contribution in [0.2, 0.25) is 5.02 Å². The molecule has 0 unspecified atom stereocenters. The average molecular weight is 327 g/mol. The van der Waals surface area contributed by atoms with Gasteiger partial charge in [-0.2, -0.15) is 0 Å². The summed E-state index contributed by atoms with van der Waals surface area (Å²) in [6.45, 7) is 3.83. The third-order valence-electron chi connectivity index (χ3n) is 1.62. The minimum Gasteiger partial charge on any atom is -0.487 e. The van der Waals surface area contributed by atoms with Gasteiger partial charge in [0.1, 0.15) is 12.4 Å². The van der Waals surface area contributed by atoms with Crippen molar-refractivity contribution in [3.8, 4) is 5.75 Å². The van der Waals surface area contributed by atoms with Crippen molar-refractivity contribution in [3.05, 3.63) is 34.3 Å². The molecule has 0 aliphatic rings. The third-order valence-corrected chi connectivity index (χ3v) is 3.05. The first kappa shape index (κ1) is 13.5. The Morgan fingerprint density at radius 3 is 2.62 bits per heavy atom. The summed E-state index contributed by atoms with van der Waals surface area (Å²) in [6, 6.07) is 4.01. The maximum atomic E-state index is 11.0. The molecule has 0 aliphatic carbocycles. The molecular weight excluding hydrogens is 318 g/mol. The van der Waals surface area contributed by atoms with Crippen molar-refractivity contribution < 1.29 is 13.2 Å². The lowest BCUT2D eigenvalue weighted by Gasteiger charge is -2.07. The number of rotatable bonds is 4. The van der Waals surface area contributed by atoms with Crippen LogP contribution in [-0.4, -0.2) is 15.0 Å². The van der Waals surface area contributed by atoms with Crippen molar-refractivity contribution in [2.75, 3.05) is 6.61 Å². The number of halogens is 2. The van der Waals surface area contributed by atoms with E-state index in [1.165, 1.54) is 18.2 Å². The van der Waals surface area contributed by atoms with Crippen molar-refractivity contribution in [2.24, 2.45) is 5.14 Å². The van der Waals surface area contributed by atoms with Crippen molar-refractivity contribution in [1.82, 2.24) is 0 Å². The molecule has 0 aliphatic heterocycles. The predicted octanol–water partition coefficient (Wildman–Crippen LogP) is 2.27. The summed E-state index contributed by atoms with van der Waals surface area (Å²) in [5.41, 5.74) is 0. The first-order valence-corrected chi connectivity index (χ1v) is 6.81. The second-order valence-corrected chi connectivity index (χ2v) is 6.03. The normalized spacial score (nSPS) is 11.2. The number of ether oxygens (including phenoxy) is 1. The molecule has 1 aromatic rings. The van der Waals surface area contributed by atoms with E-state index in [0.29, 0.717) is 10.2 Å². The fourth-order valence-corrected chi connectivity index (χ4v) is 1.89. The molecule has 7 heteroatoms. The Bertz CT molecular complexity index is 515. The van der Waals surface area contributed by atoms with Gasteiger partial charge in [0, 0.05) is 4.48 Å². The van der Waals surface area contributed by atoms with Gasteiger partial charge in [-0.3, -0.25) is 0 Å². The molecule has 0 saturated carbocycles. The van der Waals surface area contributed by atoms with Gasteiger partial charge in [-0.25, -0.2) is 13.6 Å². The molecule has 0 bridgehead atoms. The number of nitrogens with two attached hydrogens (primary N) is 1. The fourth-order valence-electron chi connectivity index (χ4n) is 0.932. The van der Waals surface area contributed by atoms with Crippen molar-refractivity contribution >= 4 is 37.6 Å². The van der Waals surface area contributed by atoms with Crippen LogP contribution in [0.15, 0.2) is 34.2 Å². The molecule has 0 spiro atoms. The molecule has 16 heavy (non-hydrogen) atoms. The fraction of sp³-hybridized carbons (Fsp3) is 0.111. The average Bonchev–Trinajstić information content (AvgIpc) is 2.14. The van der Waals surface area contributed by atoms with E-state index in [4.69, 9.17) is 21.5 Å². The van der Waals surface area contributed by atoms with Crippen LogP contribution in [0.3, 0.4) is 0 Å². The topological polar surface area (TPSA) is 69.4 Å². The second-order valence-electron chi connectivity index (χ2n) is 2.94. The van der Waals surface area contributed by atoms with Gasteiger partial charge in [0.05, 0.1) is 9.92 Å². The molecule has 0 heterocycles. The molecule has 1 rings (SSSR count). The summed E-state index contributed by atoms with van der Waals surface area (Å²) >= 11 is 8.95. The molecule has 0 fully saturated rings. The zero-order valence-electron chi connectivity index (χ0n) is 8.11. The van der Waals surface area contributed by atoms with Gasteiger partial charge >= 0.3 is 0 Å². The maximum Gasteiger partial charge on any atom is 0.238 e. The van der Waals surface area contributed by atoms with E-state index in [9.17, 15) is 8.42 Å². The summed E-state index contributed by atoms with van der Waals surface area (Å²) in [4.78, 5) is -0.0532. The van der Waals surface area contributed by atoms with E-state index >= 15 is 0 Å². The SMILES string of the molecule is C=C(Br)COc1ccc(S(N)(=O)=O)cc1Cl. The summed E-state index contributed by atoms with van der Waals surface area (Å²) in [5, 5.41) is 5.13. The highest BCUT2D eigenvalue weighted by Crippen LogP contribution is 2.27. The smallest absolute Gasteiger partial charge is 0.238 e.